The van der Waals surface area contributed by atoms with E-state index in [-0.39, 0.29) is 0 Å². The Morgan fingerprint density at radius 3 is 2.60 bits per heavy atom. The minimum Gasteiger partial charge on any atom is -0.456 e. The van der Waals surface area contributed by atoms with Crippen molar-refractivity contribution in [3.05, 3.63) is 77.9 Å². The molecular weight excluding hydrogens is 368 g/mol. The van der Waals surface area contributed by atoms with Crippen LogP contribution >= 0.6 is 0 Å². The molecule has 3 nitrogen and oxygen atoms in total. The summed E-state index contributed by atoms with van der Waals surface area (Å²) in [5.41, 5.74) is 7.07. The SMILES string of the molecule is CC(C)c1cc2c(oc3ccccc32)c(C(C)C)c1-n1ccnc1C1=CC=CCC1. The van der Waals surface area contributed by atoms with Crippen LogP contribution in [0.15, 0.2) is 65.4 Å². The van der Waals surface area contributed by atoms with Crippen LogP contribution in [0.3, 0.4) is 0 Å². The summed E-state index contributed by atoms with van der Waals surface area (Å²) in [4.78, 5) is 4.77. The standard InChI is InChI=1S/C27H28N2O/c1-17(2)21-16-22-20-12-8-9-13-23(20)30-26(22)24(18(3)4)25(21)29-15-14-28-27(29)19-10-6-5-7-11-19/h5-6,8-10,12-18H,7,11H2,1-4H3. The van der Waals surface area contributed by atoms with E-state index in [2.05, 4.69) is 81.0 Å². The maximum Gasteiger partial charge on any atom is 0.140 e. The Morgan fingerprint density at radius 1 is 1.03 bits per heavy atom. The van der Waals surface area contributed by atoms with Crippen LogP contribution in [0.5, 0.6) is 0 Å². The lowest BCUT2D eigenvalue weighted by atomic mass is 9.89. The van der Waals surface area contributed by atoms with Crippen molar-refractivity contribution < 1.29 is 4.42 Å². The van der Waals surface area contributed by atoms with Crippen molar-refractivity contribution in [2.45, 2.75) is 52.4 Å². The second kappa shape index (κ2) is 7.32. The number of furan rings is 1. The molecule has 2 aromatic heterocycles. The van der Waals surface area contributed by atoms with Crippen LogP contribution in [0.25, 0.3) is 33.2 Å². The average Bonchev–Trinajstić information content (AvgIpc) is 3.37. The molecule has 0 atom stereocenters. The molecule has 4 aromatic rings. The predicted molar refractivity (Wildman–Crippen MR) is 125 cm³/mol. The van der Waals surface area contributed by atoms with Crippen molar-refractivity contribution in [2.75, 3.05) is 0 Å². The molecular formula is C27H28N2O. The Balaban J connectivity index is 1.89. The van der Waals surface area contributed by atoms with Gasteiger partial charge in [0, 0.05) is 28.7 Å². The van der Waals surface area contributed by atoms with Crippen LogP contribution < -0.4 is 0 Å². The highest BCUT2D eigenvalue weighted by atomic mass is 16.3. The molecule has 152 valence electrons. The molecule has 0 N–H and O–H groups in total. The Bertz CT molecular complexity index is 1300. The van der Waals surface area contributed by atoms with E-state index in [0.717, 1.165) is 29.8 Å². The summed E-state index contributed by atoms with van der Waals surface area (Å²) in [5, 5.41) is 2.40. The number of benzene rings is 2. The number of rotatable bonds is 4. The summed E-state index contributed by atoms with van der Waals surface area (Å²) in [6.45, 7) is 9.07. The van der Waals surface area contributed by atoms with Crippen molar-refractivity contribution in [3.8, 4) is 5.69 Å². The van der Waals surface area contributed by atoms with Gasteiger partial charge in [-0.05, 0) is 47.9 Å². The van der Waals surface area contributed by atoms with E-state index in [1.165, 1.54) is 33.2 Å². The first-order valence-corrected chi connectivity index (χ1v) is 10.9. The van der Waals surface area contributed by atoms with Crippen molar-refractivity contribution in [1.82, 2.24) is 9.55 Å². The maximum atomic E-state index is 6.44. The zero-order valence-corrected chi connectivity index (χ0v) is 18.1. The monoisotopic (exact) mass is 396 g/mol. The average molecular weight is 397 g/mol. The molecule has 0 radical (unpaired) electrons. The number of aromatic nitrogens is 2. The largest absolute Gasteiger partial charge is 0.456 e. The minimum absolute atomic E-state index is 0.317. The molecule has 0 aliphatic heterocycles. The summed E-state index contributed by atoms with van der Waals surface area (Å²) in [6.07, 6.45) is 12.7. The summed E-state index contributed by atoms with van der Waals surface area (Å²) in [6, 6.07) is 10.7. The van der Waals surface area contributed by atoms with Crippen molar-refractivity contribution in [3.63, 3.8) is 0 Å². The summed E-state index contributed by atoms with van der Waals surface area (Å²) < 4.78 is 8.74. The normalized spacial score (nSPS) is 14.4. The van der Waals surface area contributed by atoms with Crippen LogP contribution in [0, 0.1) is 0 Å². The van der Waals surface area contributed by atoms with Gasteiger partial charge >= 0.3 is 0 Å². The molecule has 0 bridgehead atoms. The van der Waals surface area contributed by atoms with Gasteiger partial charge in [0.05, 0.1) is 5.69 Å². The van der Waals surface area contributed by atoms with Gasteiger partial charge in [0.25, 0.3) is 0 Å². The minimum atomic E-state index is 0.317. The third-order valence-corrected chi connectivity index (χ3v) is 6.09. The first-order chi connectivity index (χ1) is 14.6. The summed E-state index contributed by atoms with van der Waals surface area (Å²) in [5.74, 6) is 1.74. The number of hydrogen-bond acceptors (Lipinski definition) is 2. The molecule has 0 saturated heterocycles. The molecule has 2 aromatic carbocycles. The number of para-hydroxylation sites is 1. The van der Waals surface area contributed by atoms with Gasteiger partial charge in [-0.15, -0.1) is 0 Å². The smallest absolute Gasteiger partial charge is 0.140 e. The Labute approximate surface area is 177 Å². The number of hydrogen-bond donors (Lipinski definition) is 0. The molecule has 0 unspecified atom stereocenters. The molecule has 30 heavy (non-hydrogen) atoms. The predicted octanol–water partition coefficient (Wildman–Crippen LogP) is 7.75. The van der Waals surface area contributed by atoms with Crippen LogP contribution in [0.4, 0.5) is 0 Å². The van der Waals surface area contributed by atoms with Crippen molar-refractivity contribution in [2.24, 2.45) is 0 Å². The number of allylic oxidation sites excluding steroid dienone is 4. The van der Waals surface area contributed by atoms with E-state index >= 15 is 0 Å². The Hall–Kier alpha value is -3.07. The molecule has 5 rings (SSSR count). The van der Waals surface area contributed by atoms with Crippen molar-refractivity contribution in [1.29, 1.82) is 0 Å². The first-order valence-electron chi connectivity index (χ1n) is 10.9. The summed E-state index contributed by atoms with van der Waals surface area (Å²) >= 11 is 0. The molecule has 1 aliphatic rings. The second-order valence-corrected chi connectivity index (χ2v) is 8.79. The number of fused-ring (bicyclic) bond motifs is 3. The van der Waals surface area contributed by atoms with Crippen LogP contribution in [-0.2, 0) is 0 Å². The van der Waals surface area contributed by atoms with E-state index < -0.39 is 0 Å². The van der Waals surface area contributed by atoms with Crippen LogP contribution in [0.1, 0.15) is 69.3 Å². The van der Waals surface area contributed by atoms with Gasteiger partial charge in [0.2, 0.25) is 0 Å². The Morgan fingerprint density at radius 2 is 1.87 bits per heavy atom. The lowest BCUT2D eigenvalue weighted by Gasteiger charge is -2.23. The van der Waals surface area contributed by atoms with E-state index in [9.17, 15) is 0 Å². The van der Waals surface area contributed by atoms with E-state index in [0.29, 0.717) is 11.8 Å². The molecule has 2 heterocycles. The van der Waals surface area contributed by atoms with Crippen LogP contribution in [0.2, 0.25) is 0 Å². The fourth-order valence-electron chi connectivity index (χ4n) is 4.65. The lowest BCUT2D eigenvalue weighted by Crippen LogP contribution is -2.10. The zero-order chi connectivity index (χ0) is 20.8. The maximum absolute atomic E-state index is 6.44. The van der Waals surface area contributed by atoms with Gasteiger partial charge in [0.15, 0.2) is 0 Å². The van der Waals surface area contributed by atoms with E-state index in [4.69, 9.17) is 9.40 Å². The van der Waals surface area contributed by atoms with E-state index in [1.807, 2.05) is 12.3 Å². The lowest BCUT2D eigenvalue weighted by molar-refractivity contribution is 0.654. The number of nitrogens with zero attached hydrogens (tertiary/aromatic N) is 2. The Kier molecular flexibility index (Phi) is 4.62. The third-order valence-electron chi connectivity index (χ3n) is 6.09. The zero-order valence-electron chi connectivity index (χ0n) is 18.1. The first kappa shape index (κ1) is 18.9. The van der Waals surface area contributed by atoms with Crippen molar-refractivity contribution >= 4 is 27.5 Å². The highest BCUT2D eigenvalue weighted by molar-refractivity contribution is 6.07. The van der Waals surface area contributed by atoms with Gasteiger partial charge in [0.1, 0.15) is 17.0 Å². The fraction of sp³-hybridized carbons (Fsp3) is 0.296. The summed E-state index contributed by atoms with van der Waals surface area (Å²) in [7, 11) is 0. The molecule has 0 spiro atoms. The third kappa shape index (κ3) is 2.92. The van der Waals surface area contributed by atoms with Gasteiger partial charge < -0.3 is 4.42 Å². The number of imidazole rings is 1. The van der Waals surface area contributed by atoms with Gasteiger partial charge in [-0.3, -0.25) is 4.57 Å². The topological polar surface area (TPSA) is 31.0 Å². The van der Waals surface area contributed by atoms with Gasteiger partial charge in [-0.2, -0.15) is 0 Å². The molecule has 3 heteroatoms. The van der Waals surface area contributed by atoms with Crippen LogP contribution in [-0.4, -0.2) is 9.55 Å². The molecule has 0 amide bonds. The second-order valence-electron chi connectivity index (χ2n) is 8.79. The van der Waals surface area contributed by atoms with E-state index in [1.54, 1.807) is 0 Å². The highest BCUT2D eigenvalue weighted by Crippen LogP contribution is 2.42. The quantitative estimate of drug-likeness (QED) is 0.353. The molecule has 0 saturated carbocycles. The molecule has 0 fully saturated rings. The van der Waals surface area contributed by atoms with Gasteiger partial charge in [-0.1, -0.05) is 64.1 Å². The molecule has 1 aliphatic carbocycles. The fourth-order valence-corrected chi connectivity index (χ4v) is 4.65. The van der Waals surface area contributed by atoms with Gasteiger partial charge in [-0.25, -0.2) is 4.98 Å². The highest BCUT2D eigenvalue weighted by Gasteiger charge is 2.25.